The molecule has 1 saturated carbocycles. The number of Topliss-reactive ketones (excluding diaryl/α,β-unsaturated/α-hetero) is 2. The van der Waals surface area contributed by atoms with Gasteiger partial charge >= 0.3 is 0 Å². The smallest absolute Gasteiger partial charge is 0.255 e. The summed E-state index contributed by atoms with van der Waals surface area (Å²) in [5.74, 6) is -6.51. The Morgan fingerprint density at radius 1 is 1.28 bits per heavy atom. The number of amides is 1. The molecule has 3 aliphatic carbocycles. The summed E-state index contributed by atoms with van der Waals surface area (Å²) >= 11 is 6.77. The molecule has 0 spiro atoms. The van der Waals surface area contributed by atoms with E-state index in [1.54, 1.807) is 14.1 Å². The van der Waals surface area contributed by atoms with Gasteiger partial charge in [-0.25, -0.2) is 0 Å². The highest BCUT2D eigenvalue weighted by Crippen LogP contribution is 2.53. The fourth-order valence-corrected chi connectivity index (χ4v) is 6.92. The Morgan fingerprint density at radius 3 is 2.62 bits per heavy atom. The van der Waals surface area contributed by atoms with Gasteiger partial charge in [-0.05, 0) is 62.4 Å². The molecule has 4 aliphatic rings. The summed E-state index contributed by atoms with van der Waals surface area (Å²) in [5.41, 5.74) is 2.66. The molecule has 11 nitrogen and oxygen atoms in total. The zero-order valence-electron chi connectivity index (χ0n) is 21.7. The number of ketones is 2. The zero-order chi connectivity index (χ0) is 28.4. The number of aromatic hydroxyl groups is 1. The molecule has 210 valence electrons. The Balaban J connectivity index is 1.56. The Morgan fingerprint density at radius 2 is 2.00 bits per heavy atom. The molecule has 5 atom stereocenters. The maximum atomic E-state index is 13.8. The third-order valence-electron chi connectivity index (χ3n) is 8.50. The minimum atomic E-state index is -2.67. The first-order valence-corrected chi connectivity index (χ1v) is 13.2. The maximum absolute atomic E-state index is 13.8. The lowest BCUT2D eigenvalue weighted by atomic mass is 9.57. The van der Waals surface area contributed by atoms with Crippen molar-refractivity contribution in [3.63, 3.8) is 0 Å². The van der Waals surface area contributed by atoms with Crippen molar-refractivity contribution in [1.29, 1.82) is 0 Å². The molecule has 39 heavy (non-hydrogen) atoms. The number of hydrogen-bond acceptors (Lipinski definition) is 10. The minimum Gasteiger partial charge on any atom is -0.508 e. The third kappa shape index (κ3) is 4.15. The number of phenols is 1. The molecule has 0 aromatic heterocycles. The molecule has 1 saturated heterocycles. The van der Waals surface area contributed by atoms with E-state index in [0.717, 1.165) is 13.0 Å². The van der Waals surface area contributed by atoms with Crippen molar-refractivity contribution in [2.24, 2.45) is 23.5 Å². The van der Waals surface area contributed by atoms with Gasteiger partial charge in [0, 0.05) is 36.2 Å². The Bertz CT molecular complexity index is 1330. The van der Waals surface area contributed by atoms with Gasteiger partial charge in [-0.3, -0.25) is 19.3 Å². The van der Waals surface area contributed by atoms with Gasteiger partial charge in [-0.2, -0.15) is 0 Å². The van der Waals surface area contributed by atoms with Gasteiger partial charge in [0.25, 0.3) is 5.91 Å². The van der Waals surface area contributed by atoms with Crippen LogP contribution >= 0.6 is 11.6 Å². The van der Waals surface area contributed by atoms with Gasteiger partial charge in [0.2, 0.25) is 5.78 Å². The Kier molecular flexibility index (Phi) is 7.01. The first-order chi connectivity index (χ1) is 18.4. The number of nitrogens with two attached hydrogens (primary N) is 1. The number of rotatable bonds is 6. The van der Waals surface area contributed by atoms with Crippen LogP contribution in [0.5, 0.6) is 5.75 Å². The van der Waals surface area contributed by atoms with Crippen LogP contribution in [0.1, 0.15) is 29.5 Å². The lowest BCUT2D eigenvalue weighted by Gasteiger charge is -2.50. The van der Waals surface area contributed by atoms with E-state index in [4.69, 9.17) is 22.1 Å². The zero-order valence-corrected chi connectivity index (χ0v) is 22.4. The SMILES string of the molecule is CN(C)[C@@H]1C(=O)C(C(N)=O)=C(O)[C@@]2(O)C(=O)C3=C(O)c4c(O)cc(CNCC5CCOC5)c(Cl)c4C[C@H]3C[C@@H]12. The lowest BCUT2D eigenvalue weighted by molar-refractivity contribution is -0.153. The average molecular weight is 562 g/mol. The molecular weight excluding hydrogens is 530 g/mol. The molecule has 5 rings (SSSR count). The summed E-state index contributed by atoms with van der Waals surface area (Å²) < 4.78 is 5.40. The minimum absolute atomic E-state index is 0.00695. The topological polar surface area (TPSA) is 183 Å². The van der Waals surface area contributed by atoms with Crippen LogP contribution in [0.15, 0.2) is 23.0 Å². The summed E-state index contributed by atoms with van der Waals surface area (Å²) in [5, 5.41) is 48.3. The number of fused-ring (bicyclic) bond motifs is 3. The predicted octanol–water partition coefficient (Wildman–Crippen LogP) is 0.744. The van der Waals surface area contributed by atoms with E-state index >= 15 is 0 Å². The number of aliphatic hydroxyl groups is 3. The van der Waals surface area contributed by atoms with Crippen LogP contribution < -0.4 is 11.1 Å². The van der Waals surface area contributed by atoms with Crippen LogP contribution in [0.2, 0.25) is 5.02 Å². The van der Waals surface area contributed by atoms with Crippen LogP contribution in [-0.4, -0.2) is 88.3 Å². The molecule has 0 bridgehead atoms. The third-order valence-corrected chi connectivity index (χ3v) is 8.97. The number of nitrogens with zero attached hydrogens (tertiary/aromatic N) is 1. The molecule has 7 N–H and O–H groups in total. The van der Waals surface area contributed by atoms with Gasteiger partial charge in [0.15, 0.2) is 11.4 Å². The monoisotopic (exact) mass is 561 g/mol. The van der Waals surface area contributed by atoms with E-state index in [1.165, 1.54) is 11.0 Å². The van der Waals surface area contributed by atoms with Gasteiger partial charge in [-0.1, -0.05) is 11.6 Å². The Labute approximate surface area is 229 Å². The summed E-state index contributed by atoms with van der Waals surface area (Å²) in [6, 6.07) is 0.284. The Hall–Kier alpha value is -2.96. The van der Waals surface area contributed by atoms with Crippen LogP contribution in [0, 0.1) is 17.8 Å². The number of carbonyl (C=O) groups is 3. The number of nitrogens with one attached hydrogen (secondary N) is 1. The van der Waals surface area contributed by atoms with E-state index < -0.39 is 58.0 Å². The number of hydrogen-bond donors (Lipinski definition) is 6. The van der Waals surface area contributed by atoms with Gasteiger partial charge in [0.1, 0.15) is 22.8 Å². The van der Waals surface area contributed by atoms with Gasteiger partial charge in [-0.15, -0.1) is 0 Å². The van der Waals surface area contributed by atoms with Crippen LogP contribution in [0.3, 0.4) is 0 Å². The van der Waals surface area contributed by atoms with Crippen LogP contribution in [0.25, 0.3) is 5.76 Å². The van der Waals surface area contributed by atoms with Crippen molar-refractivity contribution in [2.75, 3.05) is 33.9 Å². The number of aliphatic hydroxyl groups excluding tert-OH is 2. The largest absolute Gasteiger partial charge is 0.508 e. The molecule has 0 radical (unpaired) electrons. The van der Waals surface area contributed by atoms with Crippen molar-refractivity contribution in [1.82, 2.24) is 10.2 Å². The molecule has 1 aliphatic heterocycles. The number of primary amides is 1. The molecule has 1 aromatic rings. The number of phenolic OH excluding ortho intramolecular Hbond substituents is 1. The average Bonchev–Trinajstić information content (AvgIpc) is 3.37. The quantitative estimate of drug-likeness (QED) is 0.271. The van der Waals surface area contributed by atoms with E-state index in [-0.39, 0.29) is 29.7 Å². The van der Waals surface area contributed by atoms with Crippen molar-refractivity contribution >= 4 is 34.8 Å². The molecule has 2 fully saturated rings. The second kappa shape index (κ2) is 9.90. The lowest BCUT2D eigenvalue weighted by Crippen LogP contribution is -2.65. The number of likely N-dealkylation sites (N-methyl/N-ethyl adjacent to an activating group) is 1. The summed E-state index contributed by atoms with van der Waals surface area (Å²) in [6.45, 7) is 2.49. The van der Waals surface area contributed by atoms with Crippen LogP contribution in [-0.2, 0) is 32.1 Å². The first-order valence-electron chi connectivity index (χ1n) is 12.9. The fraction of sp³-hybridized carbons (Fsp3) is 0.519. The molecule has 1 heterocycles. The van der Waals surface area contributed by atoms with Crippen molar-refractivity contribution in [2.45, 2.75) is 37.5 Å². The second-order valence-corrected chi connectivity index (χ2v) is 11.4. The normalized spacial score (nSPS) is 30.5. The highest BCUT2D eigenvalue weighted by Gasteiger charge is 2.64. The fourth-order valence-electron chi connectivity index (χ4n) is 6.63. The molecular formula is C27H32ClN3O8. The molecule has 1 amide bonds. The van der Waals surface area contributed by atoms with Crippen molar-refractivity contribution < 1.29 is 39.5 Å². The van der Waals surface area contributed by atoms with E-state index in [0.29, 0.717) is 41.8 Å². The number of ether oxygens (including phenoxy) is 1. The van der Waals surface area contributed by atoms with Gasteiger partial charge < -0.3 is 36.2 Å². The summed E-state index contributed by atoms with van der Waals surface area (Å²) in [6.07, 6.45) is 1.11. The molecule has 1 unspecified atom stereocenters. The highest BCUT2D eigenvalue weighted by molar-refractivity contribution is 6.32. The summed E-state index contributed by atoms with van der Waals surface area (Å²) in [7, 11) is 3.11. The first kappa shape index (κ1) is 27.6. The number of halogens is 1. The molecule has 12 heteroatoms. The van der Waals surface area contributed by atoms with Gasteiger partial charge in [0.05, 0.1) is 18.2 Å². The maximum Gasteiger partial charge on any atom is 0.255 e. The highest BCUT2D eigenvalue weighted by atomic mass is 35.5. The summed E-state index contributed by atoms with van der Waals surface area (Å²) in [4.78, 5) is 40.5. The molecule has 1 aromatic carbocycles. The second-order valence-electron chi connectivity index (χ2n) is 11.0. The van der Waals surface area contributed by atoms with Crippen molar-refractivity contribution in [3.05, 3.63) is 44.7 Å². The number of carbonyl (C=O) groups excluding carboxylic acids is 3. The van der Waals surface area contributed by atoms with Crippen LogP contribution in [0.4, 0.5) is 0 Å². The van der Waals surface area contributed by atoms with E-state index in [2.05, 4.69) is 5.32 Å². The predicted molar refractivity (Wildman–Crippen MR) is 140 cm³/mol. The van der Waals surface area contributed by atoms with E-state index in [9.17, 15) is 34.8 Å². The number of benzene rings is 1. The standard InChI is InChI=1S/C27H32ClN3O8/c1-31(2)21-15-6-12-5-14-18(16(32)7-13(20(14)28)9-30-8-11-3-4-39-10-11)22(33)17(12)24(35)27(15,38)25(36)19(23(21)34)26(29)37/h7,11-12,15,21,30,32-33,36,38H,3-6,8-10H2,1-2H3,(H2,29,37)/t11?,12-,15-,21-,27-/m0/s1. The van der Waals surface area contributed by atoms with E-state index in [1.807, 2.05) is 0 Å². The van der Waals surface area contributed by atoms with Crippen molar-refractivity contribution in [3.8, 4) is 5.75 Å².